The number of nitrogen functional groups attached to an aromatic ring is 1. The van der Waals surface area contributed by atoms with Crippen LogP contribution in [0.15, 0.2) is 0 Å². The summed E-state index contributed by atoms with van der Waals surface area (Å²) in [6.45, 7) is 2.74. The number of H-pyrrole nitrogens is 1. The third-order valence-corrected chi connectivity index (χ3v) is 4.30. The molecule has 7 heteroatoms. The second kappa shape index (κ2) is 7.69. The normalized spacial score (nSPS) is 21.1. The third-order valence-electron chi connectivity index (χ3n) is 4.30. The van der Waals surface area contributed by atoms with Gasteiger partial charge in [-0.15, -0.1) is 0 Å². The second-order valence-electron chi connectivity index (χ2n) is 5.95. The predicted molar refractivity (Wildman–Crippen MR) is 84.0 cm³/mol. The Labute approximate surface area is 130 Å². The monoisotopic (exact) mass is 304 g/mol. The molecule has 1 aliphatic carbocycles. The quantitative estimate of drug-likeness (QED) is 0.618. The van der Waals surface area contributed by atoms with Crippen LogP contribution in [0.3, 0.4) is 0 Å². The van der Waals surface area contributed by atoms with Crippen LogP contribution >= 0.6 is 0 Å². The Morgan fingerprint density at radius 1 is 1.50 bits per heavy atom. The highest BCUT2D eigenvalue weighted by Crippen LogP contribution is 2.23. The molecule has 2 amide bonds. The molecular weight excluding hydrogens is 280 g/mol. The number of nitriles is 1. The largest absolute Gasteiger partial charge is 0.381 e. The second-order valence-corrected chi connectivity index (χ2v) is 5.95. The van der Waals surface area contributed by atoms with Gasteiger partial charge in [-0.25, -0.2) is 4.79 Å². The Hall–Kier alpha value is -2.23. The fraction of sp³-hybridized carbons (Fsp3) is 0.667. The Kier molecular flexibility index (Phi) is 5.64. The van der Waals surface area contributed by atoms with Crippen molar-refractivity contribution in [3.8, 4) is 6.07 Å². The van der Waals surface area contributed by atoms with Crippen molar-refractivity contribution in [3.63, 3.8) is 0 Å². The van der Waals surface area contributed by atoms with Crippen molar-refractivity contribution in [2.45, 2.75) is 51.5 Å². The molecule has 0 aliphatic heterocycles. The number of nitrogens with zero attached hydrogens (tertiary/aromatic N) is 2. The molecule has 2 atom stereocenters. The molecule has 2 rings (SSSR count). The number of hydrogen-bond donors (Lipinski definition) is 4. The third kappa shape index (κ3) is 4.13. The van der Waals surface area contributed by atoms with Gasteiger partial charge >= 0.3 is 6.03 Å². The number of carbonyl (C=O) groups is 1. The average Bonchev–Trinajstić information content (AvgIpc) is 2.86. The maximum absolute atomic E-state index is 11.9. The van der Waals surface area contributed by atoms with Crippen molar-refractivity contribution in [2.24, 2.45) is 5.92 Å². The van der Waals surface area contributed by atoms with E-state index < -0.39 is 0 Å². The van der Waals surface area contributed by atoms with Crippen LogP contribution in [-0.2, 0) is 6.42 Å². The first-order valence-corrected chi connectivity index (χ1v) is 7.89. The highest BCUT2D eigenvalue weighted by Gasteiger charge is 2.22. The zero-order valence-corrected chi connectivity index (χ0v) is 13.0. The topological polar surface area (TPSA) is 120 Å². The lowest BCUT2D eigenvalue weighted by molar-refractivity contribution is 0.221. The molecule has 1 aromatic rings. The maximum Gasteiger partial charge on any atom is 0.315 e. The lowest BCUT2D eigenvalue weighted by Crippen LogP contribution is -2.46. The zero-order valence-electron chi connectivity index (χ0n) is 13.0. The van der Waals surface area contributed by atoms with E-state index in [9.17, 15) is 4.79 Å². The smallest absolute Gasteiger partial charge is 0.315 e. The lowest BCUT2D eigenvalue weighted by atomic mass is 9.86. The number of carbonyl (C=O) groups excluding carboxylic acids is 1. The number of hydrogen-bond acceptors (Lipinski definition) is 4. The van der Waals surface area contributed by atoms with E-state index in [1.54, 1.807) is 0 Å². The van der Waals surface area contributed by atoms with Crippen molar-refractivity contribution < 1.29 is 4.79 Å². The van der Waals surface area contributed by atoms with Gasteiger partial charge in [-0.3, -0.25) is 5.10 Å². The van der Waals surface area contributed by atoms with Crippen LogP contribution in [-0.4, -0.2) is 28.8 Å². The molecule has 1 fully saturated rings. The molecule has 0 spiro atoms. The molecule has 120 valence electrons. The number of rotatable bonds is 5. The van der Waals surface area contributed by atoms with Gasteiger partial charge in [0.25, 0.3) is 0 Å². The lowest BCUT2D eigenvalue weighted by Gasteiger charge is -2.29. The highest BCUT2D eigenvalue weighted by molar-refractivity contribution is 5.74. The fourth-order valence-electron chi connectivity index (χ4n) is 2.92. The summed E-state index contributed by atoms with van der Waals surface area (Å²) in [6.07, 6.45) is 6.05. The Morgan fingerprint density at radius 2 is 2.27 bits per heavy atom. The number of nitrogens with one attached hydrogen (secondary N) is 3. The van der Waals surface area contributed by atoms with E-state index >= 15 is 0 Å². The minimum Gasteiger partial charge on any atom is -0.381 e. The standard InChI is InChI=1S/C15H24N6O/c1-10-5-2-3-6-12(10)19-15(22)18-8-4-7-13-11(9-16)14(17)21-20-13/h10,12H,2-8H2,1H3,(H3,17,20,21)(H2,18,19,22)/t10-,12+/m0/s1. The van der Waals surface area contributed by atoms with E-state index in [-0.39, 0.29) is 17.9 Å². The summed E-state index contributed by atoms with van der Waals surface area (Å²) < 4.78 is 0. The Balaban J connectivity index is 1.68. The van der Waals surface area contributed by atoms with E-state index in [1.807, 2.05) is 6.07 Å². The minimum absolute atomic E-state index is 0.108. The zero-order chi connectivity index (χ0) is 15.9. The number of aromatic amines is 1. The maximum atomic E-state index is 11.9. The molecular formula is C15H24N6O. The van der Waals surface area contributed by atoms with Crippen LogP contribution in [0, 0.1) is 17.2 Å². The van der Waals surface area contributed by atoms with E-state index in [0.29, 0.717) is 24.4 Å². The Morgan fingerprint density at radius 3 is 3.00 bits per heavy atom. The van der Waals surface area contributed by atoms with Gasteiger partial charge in [0.05, 0.1) is 5.69 Å². The minimum atomic E-state index is -0.108. The number of amides is 2. The van der Waals surface area contributed by atoms with Gasteiger partial charge in [-0.1, -0.05) is 19.8 Å². The van der Waals surface area contributed by atoms with Gasteiger partial charge in [0.1, 0.15) is 11.6 Å². The van der Waals surface area contributed by atoms with Crippen LogP contribution in [0.5, 0.6) is 0 Å². The van der Waals surface area contributed by atoms with Gasteiger partial charge in [0.2, 0.25) is 0 Å². The van der Waals surface area contributed by atoms with Crippen molar-refractivity contribution in [1.29, 1.82) is 5.26 Å². The molecule has 22 heavy (non-hydrogen) atoms. The molecule has 1 heterocycles. The van der Waals surface area contributed by atoms with Crippen molar-refractivity contribution in [3.05, 3.63) is 11.3 Å². The van der Waals surface area contributed by atoms with Gasteiger partial charge < -0.3 is 16.4 Å². The molecule has 1 aliphatic rings. The van der Waals surface area contributed by atoms with Crippen LogP contribution in [0.2, 0.25) is 0 Å². The van der Waals surface area contributed by atoms with E-state index in [0.717, 1.165) is 18.5 Å². The predicted octanol–water partition coefficient (Wildman–Crippen LogP) is 1.67. The molecule has 0 unspecified atom stereocenters. The highest BCUT2D eigenvalue weighted by atomic mass is 16.2. The van der Waals surface area contributed by atoms with Crippen molar-refractivity contribution >= 4 is 11.8 Å². The molecule has 0 radical (unpaired) electrons. The SMILES string of the molecule is C[C@H]1CCCC[C@H]1NC(=O)NCCCc1[nH]nc(N)c1C#N. The van der Waals surface area contributed by atoms with E-state index in [2.05, 4.69) is 27.8 Å². The summed E-state index contributed by atoms with van der Waals surface area (Å²) in [5.74, 6) is 0.778. The molecule has 0 aromatic carbocycles. The average molecular weight is 304 g/mol. The summed E-state index contributed by atoms with van der Waals surface area (Å²) in [5.41, 5.74) is 6.71. The Bertz CT molecular complexity index is 547. The van der Waals surface area contributed by atoms with Crippen LogP contribution in [0.4, 0.5) is 10.6 Å². The number of aryl methyl sites for hydroxylation is 1. The first-order valence-electron chi connectivity index (χ1n) is 7.89. The van der Waals surface area contributed by atoms with Gasteiger partial charge in [-0.2, -0.15) is 10.4 Å². The van der Waals surface area contributed by atoms with E-state index in [4.69, 9.17) is 11.0 Å². The summed E-state index contributed by atoms with van der Waals surface area (Å²) in [4.78, 5) is 11.9. The molecule has 1 saturated carbocycles. The van der Waals surface area contributed by atoms with Crippen molar-refractivity contribution in [1.82, 2.24) is 20.8 Å². The molecule has 0 saturated heterocycles. The molecule has 1 aromatic heterocycles. The molecule has 7 nitrogen and oxygen atoms in total. The summed E-state index contributed by atoms with van der Waals surface area (Å²) in [6, 6.07) is 2.21. The number of anilines is 1. The number of nitrogens with two attached hydrogens (primary N) is 1. The van der Waals surface area contributed by atoms with Gasteiger partial charge in [0, 0.05) is 12.6 Å². The van der Waals surface area contributed by atoms with Gasteiger partial charge in [-0.05, 0) is 31.6 Å². The van der Waals surface area contributed by atoms with Crippen molar-refractivity contribution in [2.75, 3.05) is 12.3 Å². The summed E-state index contributed by atoms with van der Waals surface area (Å²) >= 11 is 0. The van der Waals surface area contributed by atoms with E-state index in [1.165, 1.54) is 19.3 Å². The number of aromatic nitrogens is 2. The summed E-state index contributed by atoms with van der Waals surface area (Å²) in [7, 11) is 0. The van der Waals surface area contributed by atoms with Crippen LogP contribution < -0.4 is 16.4 Å². The van der Waals surface area contributed by atoms with Crippen LogP contribution in [0.25, 0.3) is 0 Å². The summed E-state index contributed by atoms with van der Waals surface area (Å²) in [5, 5.41) is 21.5. The molecule has 5 N–H and O–H groups in total. The first-order chi connectivity index (χ1) is 10.6. The fourth-order valence-corrected chi connectivity index (χ4v) is 2.92. The molecule has 0 bridgehead atoms. The van der Waals surface area contributed by atoms with Crippen LogP contribution in [0.1, 0.15) is 50.3 Å². The number of urea groups is 1. The first kappa shape index (κ1) is 16.1. The van der Waals surface area contributed by atoms with Gasteiger partial charge in [0.15, 0.2) is 5.82 Å².